The number of rotatable bonds is 3. The second kappa shape index (κ2) is 6.42. The second-order valence-electron chi connectivity index (χ2n) is 5.39. The molecule has 2 heterocycles. The predicted octanol–water partition coefficient (Wildman–Crippen LogP) is 3.26. The summed E-state index contributed by atoms with van der Waals surface area (Å²) < 4.78 is 5.67. The Kier molecular flexibility index (Phi) is 4.34. The number of urea groups is 1. The van der Waals surface area contributed by atoms with Crippen LogP contribution in [0, 0.1) is 6.92 Å². The molecular formula is C16H17ClN4O2. The van der Waals surface area contributed by atoms with Gasteiger partial charge in [0, 0.05) is 23.2 Å². The lowest BCUT2D eigenvalue weighted by Gasteiger charge is -2.18. The van der Waals surface area contributed by atoms with Crippen LogP contribution in [0.15, 0.2) is 24.4 Å². The highest BCUT2D eigenvalue weighted by Gasteiger charge is 2.22. The maximum absolute atomic E-state index is 12.1. The number of carbonyl (C=O) groups excluding carboxylic acids is 1. The van der Waals surface area contributed by atoms with Gasteiger partial charge in [-0.15, -0.1) is 0 Å². The topological polar surface area (TPSA) is 76.1 Å². The van der Waals surface area contributed by atoms with E-state index < -0.39 is 0 Å². The zero-order valence-corrected chi connectivity index (χ0v) is 13.6. The molecule has 0 aliphatic carbocycles. The Labute approximate surface area is 139 Å². The first-order chi connectivity index (χ1) is 11.0. The molecule has 1 aromatic carbocycles. The molecule has 2 N–H and O–H groups in total. The van der Waals surface area contributed by atoms with Crippen LogP contribution in [0.25, 0.3) is 0 Å². The molecule has 2 amide bonds. The van der Waals surface area contributed by atoms with Crippen LogP contribution in [0.1, 0.15) is 29.9 Å². The van der Waals surface area contributed by atoms with Gasteiger partial charge in [0.1, 0.15) is 17.4 Å². The summed E-state index contributed by atoms with van der Waals surface area (Å²) in [6.45, 7) is 4.29. The van der Waals surface area contributed by atoms with Crippen molar-refractivity contribution in [3.8, 4) is 5.75 Å². The Morgan fingerprint density at radius 2 is 2.26 bits per heavy atom. The van der Waals surface area contributed by atoms with Gasteiger partial charge in [-0.05, 0) is 37.6 Å². The van der Waals surface area contributed by atoms with Crippen LogP contribution in [0.5, 0.6) is 5.75 Å². The molecule has 120 valence electrons. The van der Waals surface area contributed by atoms with E-state index in [1.807, 2.05) is 19.1 Å². The Bertz CT molecular complexity index is 751. The van der Waals surface area contributed by atoms with Crippen molar-refractivity contribution in [1.29, 1.82) is 0 Å². The van der Waals surface area contributed by atoms with E-state index in [1.54, 1.807) is 19.2 Å². The predicted molar refractivity (Wildman–Crippen MR) is 88.0 cm³/mol. The van der Waals surface area contributed by atoms with E-state index in [-0.39, 0.29) is 12.1 Å². The van der Waals surface area contributed by atoms with E-state index in [2.05, 4.69) is 20.6 Å². The molecule has 1 aliphatic rings. The van der Waals surface area contributed by atoms with Crippen molar-refractivity contribution in [2.24, 2.45) is 0 Å². The molecule has 7 heteroatoms. The number of fused-ring (bicyclic) bond motifs is 1. The third kappa shape index (κ3) is 3.53. The van der Waals surface area contributed by atoms with Gasteiger partial charge in [0.15, 0.2) is 0 Å². The summed E-state index contributed by atoms with van der Waals surface area (Å²) >= 11 is 6.16. The van der Waals surface area contributed by atoms with Crippen molar-refractivity contribution in [3.63, 3.8) is 0 Å². The molecule has 1 aliphatic heterocycles. The van der Waals surface area contributed by atoms with Crippen LogP contribution in [-0.2, 0) is 6.42 Å². The van der Waals surface area contributed by atoms with E-state index >= 15 is 0 Å². The van der Waals surface area contributed by atoms with Crippen molar-refractivity contribution in [2.75, 3.05) is 11.9 Å². The van der Waals surface area contributed by atoms with Gasteiger partial charge in [0.25, 0.3) is 0 Å². The van der Waals surface area contributed by atoms with Gasteiger partial charge in [-0.2, -0.15) is 0 Å². The van der Waals surface area contributed by atoms with E-state index in [4.69, 9.17) is 16.3 Å². The van der Waals surface area contributed by atoms with Crippen LogP contribution >= 0.6 is 11.6 Å². The minimum absolute atomic E-state index is 0.247. The molecule has 3 rings (SSSR count). The van der Waals surface area contributed by atoms with Gasteiger partial charge >= 0.3 is 6.03 Å². The first kappa shape index (κ1) is 15.6. The monoisotopic (exact) mass is 332 g/mol. The molecular weight excluding hydrogens is 316 g/mol. The fourth-order valence-corrected chi connectivity index (χ4v) is 2.82. The first-order valence-corrected chi connectivity index (χ1v) is 7.73. The molecule has 1 aromatic heterocycles. The van der Waals surface area contributed by atoms with Gasteiger partial charge in [-0.1, -0.05) is 11.6 Å². The van der Waals surface area contributed by atoms with Gasteiger partial charge in [-0.3, -0.25) is 5.32 Å². The summed E-state index contributed by atoms with van der Waals surface area (Å²) in [5.41, 5.74) is 1.95. The van der Waals surface area contributed by atoms with Crippen molar-refractivity contribution in [3.05, 3.63) is 46.4 Å². The maximum atomic E-state index is 12.1. The summed E-state index contributed by atoms with van der Waals surface area (Å²) in [5.74, 6) is 1.87. The average Bonchev–Trinajstić information content (AvgIpc) is 2.94. The standard InChI is InChI=1S/C16H17ClN4O2/c1-9(13-8-12(17)7-11-4-6-23-15(11)13)19-16(22)21-14-3-5-18-10(2)20-14/h3,5,7-9H,4,6H2,1-2H3,(H2,18,19,20,21,22). The Hall–Kier alpha value is -2.34. The summed E-state index contributed by atoms with van der Waals surface area (Å²) in [7, 11) is 0. The smallest absolute Gasteiger partial charge is 0.320 e. The molecule has 23 heavy (non-hydrogen) atoms. The van der Waals surface area contributed by atoms with Crippen LogP contribution in [0.4, 0.5) is 10.6 Å². The molecule has 0 saturated heterocycles. The minimum Gasteiger partial charge on any atom is -0.493 e. The number of ether oxygens (including phenoxy) is 1. The average molecular weight is 333 g/mol. The van der Waals surface area contributed by atoms with Crippen LogP contribution in [0.3, 0.4) is 0 Å². The van der Waals surface area contributed by atoms with Gasteiger partial charge < -0.3 is 10.1 Å². The van der Waals surface area contributed by atoms with Crippen molar-refractivity contribution < 1.29 is 9.53 Å². The number of benzene rings is 1. The molecule has 0 radical (unpaired) electrons. The Balaban J connectivity index is 1.72. The molecule has 1 unspecified atom stereocenters. The molecule has 1 atom stereocenters. The maximum Gasteiger partial charge on any atom is 0.320 e. The van der Waals surface area contributed by atoms with E-state index in [0.717, 1.165) is 23.3 Å². The van der Waals surface area contributed by atoms with Crippen molar-refractivity contribution in [1.82, 2.24) is 15.3 Å². The summed E-state index contributed by atoms with van der Waals surface area (Å²) in [6.07, 6.45) is 2.43. The quantitative estimate of drug-likeness (QED) is 0.904. The number of hydrogen-bond acceptors (Lipinski definition) is 4. The summed E-state index contributed by atoms with van der Waals surface area (Å²) in [6, 6.07) is 4.78. The van der Waals surface area contributed by atoms with Crippen LogP contribution in [-0.4, -0.2) is 22.6 Å². The third-order valence-electron chi connectivity index (χ3n) is 3.61. The highest BCUT2D eigenvalue weighted by Crippen LogP contribution is 2.36. The van der Waals surface area contributed by atoms with E-state index in [9.17, 15) is 4.79 Å². The fraction of sp³-hybridized carbons (Fsp3) is 0.312. The van der Waals surface area contributed by atoms with Gasteiger partial charge in [-0.25, -0.2) is 14.8 Å². The summed E-state index contributed by atoms with van der Waals surface area (Å²) in [4.78, 5) is 20.3. The fourth-order valence-electron chi connectivity index (χ4n) is 2.57. The van der Waals surface area contributed by atoms with Crippen LogP contribution in [0.2, 0.25) is 5.02 Å². The summed E-state index contributed by atoms with van der Waals surface area (Å²) in [5, 5.41) is 6.21. The molecule has 2 aromatic rings. The number of halogens is 1. The number of nitrogens with one attached hydrogen (secondary N) is 2. The SMILES string of the molecule is Cc1nccc(NC(=O)NC(C)c2cc(Cl)cc3c2OCC3)n1. The number of aromatic nitrogens is 2. The minimum atomic E-state index is -0.345. The van der Waals surface area contributed by atoms with Crippen molar-refractivity contribution >= 4 is 23.4 Å². The highest BCUT2D eigenvalue weighted by atomic mass is 35.5. The van der Waals surface area contributed by atoms with E-state index in [1.165, 1.54) is 0 Å². The zero-order chi connectivity index (χ0) is 16.4. The number of hydrogen-bond donors (Lipinski definition) is 2. The highest BCUT2D eigenvalue weighted by molar-refractivity contribution is 6.30. The molecule has 6 nitrogen and oxygen atoms in total. The number of carbonyl (C=O) groups is 1. The molecule has 0 fully saturated rings. The zero-order valence-electron chi connectivity index (χ0n) is 12.9. The lowest BCUT2D eigenvalue weighted by Crippen LogP contribution is -2.31. The lowest BCUT2D eigenvalue weighted by molar-refractivity contribution is 0.249. The lowest BCUT2D eigenvalue weighted by atomic mass is 10.0. The van der Waals surface area contributed by atoms with Gasteiger partial charge in [0.2, 0.25) is 0 Å². The van der Waals surface area contributed by atoms with Gasteiger partial charge in [0.05, 0.1) is 12.6 Å². The number of amides is 2. The Morgan fingerprint density at radius 3 is 3.04 bits per heavy atom. The number of nitrogens with zero attached hydrogens (tertiary/aromatic N) is 2. The third-order valence-corrected chi connectivity index (χ3v) is 3.83. The largest absolute Gasteiger partial charge is 0.493 e. The molecule has 0 spiro atoms. The number of anilines is 1. The normalized spacial score (nSPS) is 13.9. The molecule has 0 saturated carbocycles. The Morgan fingerprint density at radius 1 is 1.43 bits per heavy atom. The second-order valence-corrected chi connectivity index (χ2v) is 5.83. The van der Waals surface area contributed by atoms with Crippen LogP contribution < -0.4 is 15.4 Å². The van der Waals surface area contributed by atoms with Crippen molar-refractivity contribution in [2.45, 2.75) is 26.3 Å². The molecule has 0 bridgehead atoms. The first-order valence-electron chi connectivity index (χ1n) is 7.35. The number of aryl methyl sites for hydroxylation is 1. The van der Waals surface area contributed by atoms with E-state index in [0.29, 0.717) is 23.3 Å².